The summed E-state index contributed by atoms with van der Waals surface area (Å²) in [6.07, 6.45) is 1.45. The highest BCUT2D eigenvalue weighted by molar-refractivity contribution is 5.53. The van der Waals surface area contributed by atoms with E-state index in [9.17, 15) is 9.50 Å². The minimum Gasteiger partial charge on any atom is -0.496 e. The quantitative estimate of drug-likeness (QED) is 0.876. The summed E-state index contributed by atoms with van der Waals surface area (Å²) in [7, 11) is 1.53. The molecule has 2 nitrogen and oxygen atoms in total. The van der Waals surface area contributed by atoms with Crippen LogP contribution in [0, 0.1) is 6.92 Å². The summed E-state index contributed by atoms with van der Waals surface area (Å²) in [6.45, 7) is 4.92. The van der Waals surface area contributed by atoms with Crippen molar-refractivity contribution < 1.29 is 14.2 Å². The van der Waals surface area contributed by atoms with E-state index in [1.165, 1.54) is 21.0 Å². The molecule has 1 aliphatic carbocycles. The molecule has 1 aromatic rings. The molecule has 0 amide bonds. The molecule has 1 aromatic carbocycles. The fraction of sp³-hybridized carbons (Fsp3) is 0.571. The number of ether oxygens (including phenoxy) is 1. The second kappa shape index (κ2) is 3.70. The van der Waals surface area contributed by atoms with Gasteiger partial charge in [0.25, 0.3) is 0 Å². The van der Waals surface area contributed by atoms with Crippen LogP contribution in [0.4, 0.5) is 4.39 Å². The molecule has 1 aliphatic rings. The first kappa shape index (κ1) is 12.4. The summed E-state index contributed by atoms with van der Waals surface area (Å²) in [6, 6.07) is 3.59. The molecule has 17 heavy (non-hydrogen) atoms. The van der Waals surface area contributed by atoms with E-state index in [0.29, 0.717) is 11.3 Å². The first-order valence-corrected chi connectivity index (χ1v) is 5.89. The number of aryl methyl sites for hydroxylation is 1. The fourth-order valence-electron chi connectivity index (χ4n) is 2.31. The van der Waals surface area contributed by atoms with Crippen LogP contribution < -0.4 is 4.74 Å². The molecule has 0 spiro atoms. The molecule has 0 unspecified atom stereocenters. The molecule has 0 radical (unpaired) electrons. The first-order valence-electron chi connectivity index (χ1n) is 5.89. The zero-order valence-corrected chi connectivity index (χ0v) is 10.8. The van der Waals surface area contributed by atoms with E-state index in [1.807, 2.05) is 13.0 Å². The third-order valence-corrected chi connectivity index (χ3v) is 3.40. The molecule has 0 bridgehead atoms. The van der Waals surface area contributed by atoms with Crippen LogP contribution in [0.25, 0.3) is 0 Å². The summed E-state index contributed by atoms with van der Waals surface area (Å²) in [4.78, 5) is 0. The maximum Gasteiger partial charge on any atom is 0.134 e. The third-order valence-electron chi connectivity index (χ3n) is 3.40. The van der Waals surface area contributed by atoms with E-state index in [0.717, 1.165) is 24.0 Å². The van der Waals surface area contributed by atoms with Crippen LogP contribution >= 0.6 is 0 Å². The van der Waals surface area contributed by atoms with E-state index in [1.54, 1.807) is 6.07 Å². The van der Waals surface area contributed by atoms with Crippen molar-refractivity contribution in [2.45, 2.75) is 44.9 Å². The maximum absolute atomic E-state index is 14.1. The van der Waals surface area contributed by atoms with Crippen molar-refractivity contribution in [3.8, 4) is 5.75 Å². The summed E-state index contributed by atoms with van der Waals surface area (Å²) >= 11 is 0. The Morgan fingerprint density at radius 3 is 2.35 bits per heavy atom. The van der Waals surface area contributed by atoms with Crippen LogP contribution in [0.15, 0.2) is 12.1 Å². The normalized spacial score (nSPS) is 18.0. The van der Waals surface area contributed by atoms with Gasteiger partial charge in [0, 0.05) is 11.1 Å². The van der Waals surface area contributed by atoms with Gasteiger partial charge in [0.15, 0.2) is 0 Å². The van der Waals surface area contributed by atoms with E-state index in [-0.39, 0.29) is 0 Å². The number of hydrogen-bond acceptors (Lipinski definition) is 2. The van der Waals surface area contributed by atoms with Gasteiger partial charge >= 0.3 is 0 Å². The Bertz CT molecular complexity index is 442. The van der Waals surface area contributed by atoms with Crippen molar-refractivity contribution in [2.24, 2.45) is 0 Å². The highest BCUT2D eigenvalue weighted by Gasteiger charge is 2.46. The monoisotopic (exact) mass is 238 g/mol. The Kier molecular flexibility index (Phi) is 2.69. The summed E-state index contributed by atoms with van der Waals surface area (Å²) < 4.78 is 19.5. The number of methoxy groups -OCH3 is 1. The van der Waals surface area contributed by atoms with E-state index in [2.05, 4.69) is 0 Å². The van der Waals surface area contributed by atoms with Crippen molar-refractivity contribution in [1.82, 2.24) is 0 Å². The highest BCUT2D eigenvalue weighted by atomic mass is 19.1. The van der Waals surface area contributed by atoms with Gasteiger partial charge in [-0.2, -0.15) is 0 Å². The van der Waals surface area contributed by atoms with Gasteiger partial charge in [-0.3, -0.25) is 0 Å². The second-order valence-electron chi connectivity index (χ2n) is 5.34. The molecule has 0 heterocycles. The Morgan fingerprint density at radius 1 is 1.35 bits per heavy atom. The Balaban J connectivity index is 2.65. The molecule has 1 N–H and O–H groups in total. The zero-order chi connectivity index (χ0) is 12.8. The molecular weight excluding hydrogens is 219 g/mol. The van der Waals surface area contributed by atoms with Gasteiger partial charge in [-0.25, -0.2) is 4.39 Å². The molecule has 0 aliphatic heterocycles. The number of rotatable bonds is 3. The first-order chi connectivity index (χ1) is 7.79. The van der Waals surface area contributed by atoms with Crippen LogP contribution in [0.5, 0.6) is 5.75 Å². The lowest BCUT2D eigenvalue weighted by atomic mass is 9.91. The van der Waals surface area contributed by atoms with Gasteiger partial charge < -0.3 is 9.84 Å². The average molecular weight is 238 g/mol. The topological polar surface area (TPSA) is 29.5 Å². The predicted octanol–water partition coefficient (Wildman–Crippen LogP) is 3.19. The lowest BCUT2D eigenvalue weighted by Crippen LogP contribution is -2.16. The van der Waals surface area contributed by atoms with Crippen LogP contribution in [0.2, 0.25) is 0 Å². The Labute approximate surface area is 101 Å². The lowest BCUT2D eigenvalue weighted by molar-refractivity contribution is 0.144. The molecule has 0 aromatic heterocycles. The van der Waals surface area contributed by atoms with Crippen LogP contribution in [0.1, 0.15) is 43.4 Å². The molecule has 0 atom stereocenters. The fourth-order valence-corrected chi connectivity index (χ4v) is 2.31. The molecule has 2 rings (SSSR count). The molecular formula is C14H19FO2. The van der Waals surface area contributed by atoms with Crippen LogP contribution in [-0.4, -0.2) is 12.2 Å². The number of alkyl halides is 1. The van der Waals surface area contributed by atoms with Crippen LogP contribution in [-0.2, 0) is 11.3 Å². The van der Waals surface area contributed by atoms with Crippen molar-refractivity contribution in [2.75, 3.05) is 7.11 Å². The molecule has 1 saturated carbocycles. The van der Waals surface area contributed by atoms with Gasteiger partial charge in [0.2, 0.25) is 0 Å². The largest absolute Gasteiger partial charge is 0.496 e. The van der Waals surface area contributed by atoms with Crippen molar-refractivity contribution >= 4 is 0 Å². The SMILES string of the molecule is COc1c(C(C)(C)F)ccc(C)c1C1(O)CC1. The van der Waals surface area contributed by atoms with Crippen molar-refractivity contribution in [1.29, 1.82) is 0 Å². The Hall–Kier alpha value is -1.09. The third kappa shape index (κ3) is 2.04. The molecule has 94 valence electrons. The number of hydrogen-bond donors (Lipinski definition) is 1. The maximum atomic E-state index is 14.1. The van der Waals surface area contributed by atoms with Gasteiger partial charge in [-0.1, -0.05) is 12.1 Å². The number of benzene rings is 1. The molecule has 0 saturated heterocycles. The van der Waals surface area contributed by atoms with Gasteiger partial charge in [0.1, 0.15) is 11.4 Å². The number of aliphatic hydroxyl groups is 1. The minimum atomic E-state index is -1.47. The van der Waals surface area contributed by atoms with Gasteiger partial charge in [-0.15, -0.1) is 0 Å². The average Bonchev–Trinajstić information content (AvgIpc) is 2.94. The van der Waals surface area contributed by atoms with E-state index < -0.39 is 11.3 Å². The summed E-state index contributed by atoms with van der Waals surface area (Å²) in [5.41, 5.74) is -0.0746. The standard InChI is InChI=1S/C14H19FO2/c1-9-5-6-10(13(2,3)15)12(17-4)11(9)14(16)7-8-14/h5-6,16H,7-8H2,1-4H3. The summed E-state index contributed by atoms with van der Waals surface area (Å²) in [5, 5.41) is 10.3. The Morgan fingerprint density at radius 2 is 1.94 bits per heavy atom. The summed E-state index contributed by atoms with van der Waals surface area (Å²) in [5.74, 6) is 0.498. The molecule has 1 fully saturated rings. The number of halogens is 1. The zero-order valence-electron chi connectivity index (χ0n) is 10.8. The van der Waals surface area contributed by atoms with Gasteiger partial charge in [0.05, 0.1) is 12.7 Å². The highest BCUT2D eigenvalue weighted by Crippen LogP contribution is 2.52. The van der Waals surface area contributed by atoms with E-state index in [4.69, 9.17) is 4.74 Å². The second-order valence-corrected chi connectivity index (χ2v) is 5.34. The lowest BCUT2D eigenvalue weighted by Gasteiger charge is -2.24. The molecule has 3 heteroatoms. The van der Waals surface area contributed by atoms with Gasteiger partial charge in [-0.05, 0) is 39.2 Å². The van der Waals surface area contributed by atoms with Crippen molar-refractivity contribution in [3.05, 3.63) is 28.8 Å². The minimum absolute atomic E-state index is 0.498. The smallest absolute Gasteiger partial charge is 0.134 e. The predicted molar refractivity (Wildman–Crippen MR) is 65.0 cm³/mol. The van der Waals surface area contributed by atoms with E-state index >= 15 is 0 Å². The van der Waals surface area contributed by atoms with Crippen LogP contribution in [0.3, 0.4) is 0 Å². The van der Waals surface area contributed by atoms with Crippen molar-refractivity contribution in [3.63, 3.8) is 0 Å².